The van der Waals surface area contributed by atoms with E-state index in [1.54, 1.807) is 17.5 Å². The molecule has 2 aromatic heterocycles. The number of nitrogens with two attached hydrogens (primary N) is 1. The zero-order valence-corrected chi connectivity index (χ0v) is 18.7. The van der Waals surface area contributed by atoms with Crippen LogP contribution in [0.1, 0.15) is 11.1 Å². The molecule has 148 valence electrons. The lowest BCUT2D eigenvalue weighted by Crippen LogP contribution is -2.51. The van der Waals surface area contributed by atoms with Crippen LogP contribution >= 0.6 is 35.3 Å². The Bertz CT molecular complexity index is 854. The number of hydrogen-bond donors (Lipinski definition) is 1. The second kappa shape index (κ2) is 9.87. The van der Waals surface area contributed by atoms with Crippen LogP contribution in [0.15, 0.2) is 59.6 Å². The molecule has 0 atom stereocenters. The van der Waals surface area contributed by atoms with E-state index in [1.165, 1.54) is 5.56 Å². The Hall–Kier alpha value is -2.14. The van der Waals surface area contributed by atoms with E-state index in [4.69, 9.17) is 5.73 Å². The first kappa shape index (κ1) is 20.6. The Morgan fingerprint density at radius 3 is 2.46 bits per heavy atom. The maximum Gasteiger partial charge on any atom is 0.191 e. The van der Waals surface area contributed by atoms with Crippen molar-refractivity contribution in [3.8, 4) is 0 Å². The van der Waals surface area contributed by atoms with Gasteiger partial charge in [0.15, 0.2) is 11.1 Å². The molecule has 0 saturated carbocycles. The lowest BCUT2D eigenvalue weighted by molar-refractivity contribution is 0.380. The van der Waals surface area contributed by atoms with Crippen molar-refractivity contribution in [1.29, 1.82) is 0 Å². The van der Waals surface area contributed by atoms with E-state index in [0.717, 1.165) is 43.4 Å². The summed E-state index contributed by atoms with van der Waals surface area (Å²) in [5.41, 5.74) is 8.62. The van der Waals surface area contributed by atoms with Crippen LogP contribution < -0.4 is 10.6 Å². The Morgan fingerprint density at radius 1 is 1.07 bits per heavy atom. The van der Waals surface area contributed by atoms with E-state index < -0.39 is 0 Å². The van der Waals surface area contributed by atoms with E-state index in [0.29, 0.717) is 12.5 Å². The fourth-order valence-electron chi connectivity index (χ4n) is 3.11. The summed E-state index contributed by atoms with van der Waals surface area (Å²) in [6, 6.07) is 8.49. The molecule has 0 radical (unpaired) electrons. The van der Waals surface area contributed by atoms with Gasteiger partial charge in [0.2, 0.25) is 0 Å². The smallest absolute Gasteiger partial charge is 0.191 e. The molecule has 9 heteroatoms. The summed E-state index contributed by atoms with van der Waals surface area (Å²) < 4.78 is 2.05. The highest BCUT2D eigenvalue weighted by Crippen LogP contribution is 2.18. The van der Waals surface area contributed by atoms with Crippen molar-refractivity contribution >= 4 is 46.4 Å². The van der Waals surface area contributed by atoms with Crippen molar-refractivity contribution < 1.29 is 0 Å². The van der Waals surface area contributed by atoms with Gasteiger partial charge in [-0.15, -0.1) is 35.3 Å². The third-order valence-corrected chi connectivity index (χ3v) is 5.50. The van der Waals surface area contributed by atoms with Gasteiger partial charge in [0, 0.05) is 56.7 Å². The lowest BCUT2D eigenvalue weighted by Gasteiger charge is -2.35. The summed E-state index contributed by atoms with van der Waals surface area (Å²) in [6.45, 7) is 5.02. The van der Waals surface area contributed by atoms with Crippen LogP contribution in [-0.2, 0) is 13.1 Å². The summed E-state index contributed by atoms with van der Waals surface area (Å²) >= 11 is 1.68. The largest absolute Gasteiger partial charge is 0.370 e. The molecular weight excluding hydrogens is 485 g/mol. The molecule has 2 N–H and O–H groups in total. The number of anilines is 1. The molecule has 1 aliphatic heterocycles. The highest BCUT2D eigenvalue weighted by molar-refractivity contribution is 14.0. The second-order valence-corrected chi connectivity index (χ2v) is 7.39. The molecular formula is C19H24IN7S. The highest BCUT2D eigenvalue weighted by atomic mass is 127. The number of hydrogen-bond acceptors (Lipinski definition) is 5. The summed E-state index contributed by atoms with van der Waals surface area (Å²) in [6.07, 6.45) is 7.44. The van der Waals surface area contributed by atoms with Gasteiger partial charge >= 0.3 is 0 Å². The monoisotopic (exact) mass is 509 g/mol. The van der Waals surface area contributed by atoms with E-state index in [-0.39, 0.29) is 24.0 Å². The van der Waals surface area contributed by atoms with Crippen LogP contribution in [0.3, 0.4) is 0 Å². The molecule has 0 bridgehead atoms. The number of imidazole rings is 1. The minimum Gasteiger partial charge on any atom is -0.370 e. The third-order valence-electron chi connectivity index (χ3n) is 4.66. The Kier molecular flexibility index (Phi) is 7.26. The van der Waals surface area contributed by atoms with Crippen LogP contribution in [0, 0.1) is 0 Å². The molecule has 1 aliphatic rings. The Balaban J connectivity index is 0.00000225. The fourth-order valence-corrected chi connectivity index (χ4v) is 3.81. The normalized spacial score (nSPS) is 14.8. The van der Waals surface area contributed by atoms with Gasteiger partial charge in [0.1, 0.15) is 0 Å². The van der Waals surface area contributed by atoms with Crippen molar-refractivity contribution in [2.24, 2.45) is 10.7 Å². The standard InChI is InChI=1S/C19H23N7S.HI/c20-18(25-8-10-26(11-9-25)19-22-6-12-27-19)23-13-16-1-3-17(4-2-16)14-24-7-5-21-15-24;/h1-7,12,15H,8-11,13-14H2,(H2,20,23);1H. The van der Waals surface area contributed by atoms with Gasteiger partial charge in [-0.05, 0) is 11.1 Å². The van der Waals surface area contributed by atoms with Crippen LogP contribution in [-0.4, -0.2) is 51.6 Å². The van der Waals surface area contributed by atoms with Crippen LogP contribution in [0.2, 0.25) is 0 Å². The number of aromatic nitrogens is 3. The van der Waals surface area contributed by atoms with Crippen molar-refractivity contribution in [2.75, 3.05) is 31.1 Å². The first-order valence-corrected chi connectivity index (χ1v) is 9.89. The van der Waals surface area contributed by atoms with Crippen LogP contribution in [0.4, 0.5) is 5.13 Å². The van der Waals surface area contributed by atoms with Crippen molar-refractivity contribution in [2.45, 2.75) is 13.1 Å². The zero-order chi connectivity index (χ0) is 18.5. The van der Waals surface area contributed by atoms with Gasteiger partial charge in [-0.1, -0.05) is 24.3 Å². The molecule has 1 saturated heterocycles. The van der Waals surface area contributed by atoms with E-state index >= 15 is 0 Å². The average Bonchev–Trinajstić information content (AvgIpc) is 3.42. The van der Waals surface area contributed by atoms with Gasteiger partial charge in [-0.25, -0.2) is 15.0 Å². The maximum atomic E-state index is 6.21. The minimum atomic E-state index is 0. The average molecular weight is 509 g/mol. The molecule has 28 heavy (non-hydrogen) atoms. The quantitative estimate of drug-likeness (QED) is 0.325. The Morgan fingerprint density at radius 2 is 1.82 bits per heavy atom. The Labute approximate surface area is 185 Å². The fraction of sp³-hybridized carbons (Fsp3) is 0.316. The van der Waals surface area contributed by atoms with Crippen LogP contribution in [0.5, 0.6) is 0 Å². The van der Waals surface area contributed by atoms with Gasteiger partial charge in [0.05, 0.1) is 12.9 Å². The predicted molar refractivity (Wildman–Crippen MR) is 124 cm³/mol. The molecule has 0 unspecified atom stereocenters. The lowest BCUT2D eigenvalue weighted by atomic mass is 10.1. The van der Waals surface area contributed by atoms with Gasteiger partial charge in [-0.3, -0.25) is 0 Å². The predicted octanol–water partition coefficient (Wildman–Crippen LogP) is 2.64. The number of piperazine rings is 1. The van der Waals surface area contributed by atoms with Gasteiger partial charge < -0.3 is 20.1 Å². The maximum absolute atomic E-state index is 6.21. The molecule has 1 fully saturated rings. The SMILES string of the molecule is I.NC(=NCc1ccc(Cn2ccnc2)cc1)N1CCN(c2nccs2)CC1. The van der Waals surface area contributed by atoms with E-state index in [1.807, 2.05) is 24.1 Å². The number of halogens is 1. The van der Waals surface area contributed by atoms with Crippen LogP contribution in [0.25, 0.3) is 0 Å². The highest BCUT2D eigenvalue weighted by Gasteiger charge is 2.19. The molecule has 1 aromatic carbocycles. The molecule has 7 nitrogen and oxygen atoms in total. The molecule has 3 heterocycles. The first-order valence-electron chi connectivity index (χ1n) is 9.01. The molecule has 0 aliphatic carbocycles. The minimum absolute atomic E-state index is 0. The van der Waals surface area contributed by atoms with Crippen molar-refractivity contribution in [3.63, 3.8) is 0 Å². The summed E-state index contributed by atoms with van der Waals surface area (Å²) in [7, 11) is 0. The van der Waals surface area contributed by atoms with Gasteiger partial charge in [-0.2, -0.15) is 0 Å². The number of rotatable bonds is 5. The number of guanidine groups is 1. The summed E-state index contributed by atoms with van der Waals surface area (Å²) in [5.74, 6) is 0.622. The van der Waals surface area contributed by atoms with Crippen molar-refractivity contribution in [1.82, 2.24) is 19.4 Å². The van der Waals surface area contributed by atoms with Crippen molar-refractivity contribution in [3.05, 3.63) is 65.7 Å². The topological polar surface area (TPSA) is 75.6 Å². The molecule has 3 aromatic rings. The molecule has 4 rings (SSSR count). The number of benzene rings is 1. The third kappa shape index (κ3) is 5.22. The number of aliphatic imine (C=N–C) groups is 1. The second-order valence-electron chi connectivity index (χ2n) is 6.51. The van der Waals surface area contributed by atoms with Gasteiger partial charge in [0.25, 0.3) is 0 Å². The van der Waals surface area contributed by atoms with E-state index in [2.05, 4.69) is 53.6 Å². The molecule has 0 amide bonds. The summed E-state index contributed by atoms with van der Waals surface area (Å²) in [4.78, 5) is 17.5. The molecule has 0 spiro atoms. The number of thiazole rings is 1. The van der Waals surface area contributed by atoms with E-state index in [9.17, 15) is 0 Å². The number of nitrogens with zero attached hydrogens (tertiary/aromatic N) is 6. The summed E-state index contributed by atoms with van der Waals surface area (Å²) in [5, 5.41) is 3.10. The first-order chi connectivity index (χ1) is 13.3. The zero-order valence-electron chi connectivity index (χ0n) is 15.5.